The number of aryl methyl sites for hydroxylation is 1. The molecule has 2 rings (SSSR count). The quantitative estimate of drug-likeness (QED) is 0.817. The highest BCUT2D eigenvalue weighted by molar-refractivity contribution is 7.92. The Bertz CT molecular complexity index is 904. The summed E-state index contributed by atoms with van der Waals surface area (Å²) in [5.74, 6) is 0. The number of sulfonamides is 1. The van der Waals surface area contributed by atoms with Gasteiger partial charge in [0.25, 0.3) is 0 Å². The first-order chi connectivity index (χ1) is 9.64. The van der Waals surface area contributed by atoms with Crippen molar-refractivity contribution in [2.75, 3.05) is 5.73 Å². The van der Waals surface area contributed by atoms with Crippen molar-refractivity contribution in [3.8, 4) is 0 Å². The summed E-state index contributed by atoms with van der Waals surface area (Å²) in [4.78, 5) is -0.465. The first-order valence-corrected chi connectivity index (χ1v) is 8.90. The molecule has 0 spiro atoms. The van der Waals surface area contributed by atoms with Gasteiger partial charge in [0.1, 0.15) is 0 Å². The monoisotopic (exact) mass is 326 g/mol. The topological polar surface area (TPSA) is 120 Å². The van der Waals surface area contributed by atoms with Gasteiger partial charge in [-0.15, -0.1) is 0 Å². The Balaban J connectivity index is 2.75. The van der Waals surface area contributed by atoms with Gasteiger partial charge in [-0.3, -0.25) is 0 Å². The summed E-state index contributed by atoms with van der Waals surface area (Å²) in [6, 6.07) is 9.69. The SMILES string of the molecule is Cc1ccc(S(N)(=O)=O)cc1S(=O)(=O)c1ccccc1N. The second kappa shape index (κ2) is 5.14. The predicted molar refractivity (Wildman–Crippen MR) is 78.9 cm³/mol. The van der Waals surface area contributed by atoms with Crippen LogP contribution in [-0.4, -0.2) is 16.8 Å². The van der Waals surface area contributed by atoms with E-state index in [9.17, 15) is 16.8 Å². The summed E-state index contributed by atoms with van der Waals surface area (Å²) in [5.41, 5.74) is 6.20. The van der Waals surface area contributed by atoms with Crippen molar-refractivity contribution in [3.63, 3.8) is 0 Å². The first kappa shape index (κ1) is 15.5. The van der Waals surface area contributed by atoms with Gasteiger partial charge in [-0.25, -0.2) is 22.0 Å². The molecule has 8 heteroatoms. The molecule has 0 radical (unpaired) electrons. The van der Waals surface area contributed by atoms with E-state index in [1.54, 1.807) is 19.1 Å². The molecule has 0 saturated carbocycles. The van der Waals surface area contributed by atoms with Crippen LogP contribution in [0.1, 0.15) is 5.56 Å². The Labute approximate surface area is 123 Å². The second-order valence-electron chi connectivity index (χ2n) is 4.51. The molecule has 0 aromatic heterocycles. The minimum absolute atomic E-state index is 0.0698. The molecule has 0 aliphatic rings. The molecule has 4 N–H and O–H groups in total. The molecule has 0 fully saturated rings. The lowest BCUT2D eigenvalue weighted by molar-refractivity contribution is 0.594. The Morgan fingerprint density at radius 2 is 1.52 bits per heavy atom. The summed E-state index contributed by atoms with van der Waals surface area (Å²) in [6.45, 7) is 1.57. The van der Waals surface area contributed by atoms with Crippen molar-refractivity contribution >= 4 is 25.5 Å². The molecule has 0 aliphatic carbocycles. The minimum Gasteiger partial charge on any atom is -0.398 e. The molecule has 0 amide bonds. The maximum atomic E-state index is 12.6. The number of para-hydroxylation sites is 1. The highest BCUT2D eigenvalue weighted by atomic mass is 32.2. The molecule has 2 aromatic carbocycles. The van der Waals surface area contributed by atoms with Crippen molar-refractivity contribution < 1.29 is 16.8 Å². The van der Waals surface area contributed by atoms with Gasteiger partial charge in [-0.2, -0.15) is 0 Å². The molecule has 6 nitrogen and oxygen atoms in total. The summed E-state index contributed by atoms with van der Waals surface area (Å²) >= 11 is 0. The van der Waals surface area contributed by atoms with Gasteiger partial charge in [-0.05, 0) is 36.8 Å². The highest BCUT2D eigenvalue weighted by Crippen LogP contribution is 2.29. The number of hydrogen-bond acceptors (Lipinski definition) is 5. The molecule has 0 bridgehead atoms. The van der Waals surface area contributed by atoms with Gasteiger partial charge in [0, 0.05) is 0 Å². The molecule has 2 aromatic rings. The zero-order chi connectivity index (χ0) is 15.8. The molecular weight excluding hydrogens is 312 g/mol. The second-order valence-corrected chi connectivity index (χ2v) is 7.96. The summed E-state index contributed by atoms with van der Waals surface area (Å²) in [6.07, 6.45) is 0. The zero-order valence-corrected chi connectivity index (χ0v) is 12.8. The summed E-state index contributed by atoms with van der Waals surface area (Å²) in [7, 11) is -7.92. The van der Waals surface area contributed by atoms with Gasteiger partial charge >= 0.3 is 0 Å². The number of sulfone groups is 1. The van der Waals surface area contributed by atoms with E-state index >= 15 is 0 Å². The standard InChI is InChI=1S/C13H14N2O4S2/c1-9-6-7-10(21(15,18)19)8-13(9)20(16,17)12-5-3-2-4-11(12)14/h2-8H,14H2,1H3,(H2,15,18,19). The third-order valence-electron chi connectivity index (χ3n) is 2.99. The molecule has 21 heavy (non-hydrogen) atoms. The Kier molecular flexibility index (Phi) is 3.79. The number of benzene rings is 2. The maximum absolute atomic E-state index is 12.6. The number of nitrogen functional groups attached to an aromatic ring is 1. The average Bonchev–Trinajstić information content (AvgIpc) is 2.37. The highest BCUT2D eigenvalue weighted by Gasteiger charge is 2.24. The van der Waals surface area contributed by atoms with Gasteiger partial charge in [0.15, 0.2) is 0 Å². The lowest BCUT2D eigenvalue weighted by atomic mass is 10.2. The third kappa shape index (κ3) is 2.92. The minimum atomic E-state index is -3.99. The van der Waals surface area contributed by atoms with Gasteiger partial charge in [0.2, 0.25) is 19.9 Å². The Morgan fingerprint density at radius 3 is 2.10 bits per heavy atom. The molecule has 0 heterocycles. The van der Waals surface area contributed by atoms with E-state index in [0.717, 1.165) is 6.07 Å². The van der Waals surface area contributed by atoms with E-state index in [1.807, 2.05) is 0 Å². The Hall–Kier alpha value is -1.90. The van der Waals surface area contributed by atoms with Crippen molar-refractivity contribution in [3.05, 3.63) is 48.0 Å². The molecule has 0 atom stereocenters. The van der Waals surface area contributed by atoms with Crippen LogP contribution >= 0.6 is 0 Å². The number of rotatable bonds is 3. The fourth-order valence-corrected chi connectivity index (χ4v) is 4.15. The molecule has 0 aliphatic heterocycles. The van der Waals surface area contributed by atoms with Crippen LogP contribution in [-0.2, 0) is 19.9 Å². The predicted octanol–water partition coefficient (Wildman–Crippen LogP) is 1.06. The summed E-state index contributed by atoms with van der Waals surface area (Å²) in [5, 5.41) is 5.04. The van der Waals surface area contributed by atoms with Crippen LogP contribution in [0, 0.1) is 6.92 Å². The largest absolute Gasteiger partial charge is 0.398 e. The van der Waals surface area contributed by atoms with Crippen molar-refractivity contribution in [1.29, 1.82) is 0 Å². The van der Waals surface area contributed by atoms with Crippen LogP contribution < -0.4 is 10.9 Å². The van der Waals surface area contributed by atoms with Crippen molar-refractivity contribution in [1.82, 2.24) is 0 Å². The van der Waals surface area contributed by atoms with Gasteiger partial charge in [0.05, 0.1) is 20.4 Å². The first-order valence-electron chi connectivity index (χ1n) is 5.87. The fraction of sp³-hybridized carbons (Fsp3) is 0.0769. The zero-order valence-electron chi connectivity index (χ0n) is 11.1. The van der Waals surface area contributed by atoms with E-state index in [0.29, 0.717) is 5.56 Å². The summed E-state index contributed by atoms with van der Waals surface area (Å²) < 4.78 is 48.0. The Morgan fingerprint density at radius 1 is 0.905 bits per heavy atom. The van der Waals surface area contributed by atoms with Crippen LogP contribution in [0.25, 0.3) is 0 Å². The van der Waals surface area contributed by atoms with E-state index in [2.05, 4.69) is 0 Å². The molecular formula is C13H14N2O4S2. The normalized spacial score (nSPS) is 12.3. The number of primary sulfonamides is 1. The van der Waals surface area contributed by atoms with Crippen LogP contribution in [0.15, 0.2) is 57.2 Å². The lowest BCUT2D eigenvalue weighted by Gasteiger charge is -2.11. The molecule has 0 saturated heterocycles. The fourth-order valence-electron chi connectivity index (χ4n) is 1.89. The van der Waals surface area contributed by atoms with Gasteiger partial charge < -0.3 is 5.73 Å². The molecule has 0 unspecified atom stereocenters. The molecule has 112 valence electrons. The van der Waals surface area contributed by atoms with Gasteiger partial charge in [-0.1, -0.05) is 18.2 Å². The van der Waals surface area contributed by atoms with E-state index in [4.69, 9.17) is 10.9 Å². The smallest absolute Gasteiger partial charge is 0.238 e. The van der Waals surface area contributed by atoms with E-state index < -0.39 is 19.9 Å². The lowest BCUT2D eigenvalue weighted by Crippen LogP contribution is -2.14. The van der Waals surface area contributed by atoms with Crippen LogP contribution in [0.2, 0.25) is 0 Å². The maximum Gasteiger partial charge on any atom is 0.238 e. The number of nitrogens with two attached hydrogens (primary N) is 2. The average molecular weight is 326 g/mol. The van der Waals surface area contributed by atoms with Crippen molar-refractivity contribution in [2.24, 2.45) is 5.14 Å². The van der Waals surface area contributed by atoms with Crippen molar-refractivity contribution in [2.45, 2.75) is 21.6 Å². The van der Waals surface area contributed by atoms with Crippen LogP contribution in [0.3, 0.4) is 0 Å². The third-order valence-corrected chi connectivity index (χ3v) is 5.87. The number of hydrogen-bond donors (Lipinski definition) is 2. The van der Waals surface area contributed by atoms with Crippen LogP contribution in [0.5, 0.6) is 0 Å². The van der Waals surface area contributed by atoms with E-state index in [1.165, 1.54) is 24.3 Å². The van der Waals surface area contributed by atoms with E-state index in [-0.39, 0.29) is 20.4 Å². The van der Waals surface area contributed by atoms with Crippen LogP contribution in [0.4, 0.5) is 5.69 Å². The number of anilines is 1.